The highest BCUT2D eigenvalue weighted by Gasteiger charge is 2.06. The summed E-state index contributed by atoms with van der Waals surface area (Å²) in [5.41, 5.74) is 0.485. The molecule has 1 saturated heterocycles. The first-order valence-electron chi connectivity index (χ1n) is 2.51. The summed E-state index contributed by atoms with van der Waals surface area (Å²) >= 11 is 2.63. The molecule has 0 nitrogen and oxygen atoms in total. The van der Waals surface area contributed by atoms with Crippen LogP contribution in [0.4, 0.5) is 0 Å². The van der Waals surface area contributed by atoms with Crippen molar-refractivity contribution >= 4 is 36.2 Å². The zero-order valence-corrected chi connectivity index (χ0v) is 8.21. The van der Waals surface area contributed by atoms with Crippen molar-refractivity contribution in [1.29, 1.82) is 0 Å². The van der Waals surface area contributed by atoms with Gasteiger partial charge in [-0.25, -0.2) is 0 Å². The fourth-order valence-corrected chi connectivity index (χ4v) is 8.66. The quantitative estimate of drug-likeness (QED) is 0.455. The Morgan fingerprint density at radius 1 is 1.29 bits per heavy atom. The third kappa shape index (κ3) is 2.58. The molecule has 1 rings (SSSR count). The van der Waals surface area contributed by atoms with Gasteiger partial charge in [-0.3, -0.25) is 0 Å². The Labute approximate surface area is 60.8 Å². The van der Waals surface area contributed by atoms with Gasteiger partial charge in [-0.15, -0.1) is 8.58 Å². The third-order valence-corrected chi connectivity index (χ3v) is 7.42. The molecule has 0 radical (unpaired) electrons. The molecule has 0 amide bonds. The van der Waals surface area contributed by atoms with Crippen molar-refractivity contribution in [3.63, 3.8) is 0 Å². The van der Waals surface area contributed by atoms with E-state index in [0.717, 1.165) is 0 Å². The number of hydrogen-bond acceptors (Lipinski definition) is 0. The molecule has 0 bridgehead atoms. The average Bonchev–Trinajstić information content (AvgIpc) is 1.69. The molecule has 0 aromatic heterocycles. The summed E-state index contributed by atoms with van der Waals surface area (Å²) in [5.74, 6) is 0. The van der Waals surface area contributed by atoms with Crippen LogP contribution in [0.25, 0.3) is 0 Å². The van der Waals surface area contributed by atoms with E-state index >= 15 is 0 Å². The maximum Gasteiger partial charge on any atom is -0.0198 e. The lowest BCUT2D eigenvalue weighted by atomic mass is 10.9. The number of hydrogen-bond donors (Lipinski definition) is 0. The van der Waals surface area contributed by atoms with Crippen molar-refractivity contribution in [2.45, 2.75) is 0 Å². The third-order valence-electron chi connectivity index (χ3n) is 1.06. The lowest BCUT2D eigenvalue weighted by Gasteiger charge is -2.14. The molecule has 0 aromatic rings. The van der Waals surface area contributed by atoms with Crippen LogP contribution in [0.2, 0.25) is 0 Å². The molecule has 0 spiro atoms. The first-order valence-corrected chi connectivity index (χ1v) is 8.42. The molecule has 0 unspecified atom stereocenters. The summed E-state index contributed by atoms with van der Waals surface area (Å²) in [6, 6.07) is 0. The Morgan fingerprint density at radius 2 is 1.86 bits per heavy atom. The summed E-state index contributed by atoms with van der Waals surface area (Å²) in [4.78, 5) is 0. The van der Waals surface area contributed by atoms with Crippen molar-refractivity contribution in [2.24, 2.45) is 0 Å². The molecule has 3 heteroatoms. The fourth-order valence-electron chi connectivity index (χ4n) is 0.638. The molecular formula is C4H9IP2. The predicted molar refractivity (Wildman–Crippen MR) is 48.7 cm³/mol. The van der Waals surface area contributed by atoms with E-state index in [4.69, 9.17) is 0 Å². The molecular weight excluding hydrogens is 237 g/mol. The highest BCUT2D eigenvalue weighted by molar-refractivity contribution is 14.2. The second-order valence-corrected chi connectivity index (χ2v) is 9.07. The van der Waals surface area contributed by atoms with Crippen molar-refractivity contribution < 1.29 is 0 Å². The minimum Gasteiger partial charge on any atom is -0.121 e. The summed E-state index contributed by atoms with van der Waals surface area (Å²) in [6.45, 7) is 0. The van der Waals surface area contributed by atoms with Crippen LogP contribution in [0.1, 0.15) is 0 Å². The molecule has 0 aliphatic carbocycles. The highest BCUT2D eigenvalue weighted by Crippen LogP contribution is 2.49. The van der Waals surface area contributed by atoms with Gasteiger partial charge >= 0.3 is 0 Å². The van der Waals surface area contributed by atoms with Crippen LogP contribution in [0.15, 0.2) is 0 Å². The predicted octanol–water partition coefficient (Wildman–Crippen LogP) is 2.51. The van der Waals surface area contributed by atoms with E-state index in [0.29, 0.717) is 5.56 Å². The first-order chi connectivity index (χ1) is 3.39. The summed E-state index contributed by atoms with van der Waals surface area (Å²) in [7, 11) is 1.30. The monoisotopic (exact) mass is 246 g/mol. The van der Waals surface area contributed by atoms with Gasteiger partial charge in [0.2, 0.25) is 0 Å². The van der Waals surface area contributed by atoms with Gasteiger partial charge in [-0.1, -0.05) is 22.0 Å². The van der Waals surface area contributed by atoms with Crippen molar-refractivity contribution in [1.82, 2.24) is 0 Å². The Kier molecular flexibility index (Phi) is 3.43. The van der Waals surface area contributed by atoms with E-state index < -0.39 is 0 Å². The van der Waals surface area contributed by atoms with Gasteiger partial charge < -0.3 is 0 Å². The topological polar surface area (TPSA) is 0 Å². The van der Waals surface area contributed by atoms with E-state index in [1.54, 1.807) is 12.3 Å². The second-order valence-electron chi connectivity index (χ2n) is 1.66. The summed E-state index contributed by atoms with van der Waals surface area (Å²) in [6.07, 6.45) is 6.17. The molecule has 1 aliphatic heterocycles. The van der Waals surface area contributed by atoms with Gasteiger partial charge in [0.05, 0.1) is 0 Å². The van der Waals surface area contributed by atoms with E-state index in [1.165, 1.54) is 20.9 Å². The van der Waals surface area contributed by atoms with Gasteiger partial charge in [0.15, 0.2) is 0 Å². The van der Waals surface area contributed by atoms with Crippen molar-refractivity contribution in [3.8, 4) is 0 Å². The van der Waals surface area contributed by atoms with Crippen LogP contribution < -0.4 is 0 Å². The molecule has 0 atom stereocenters. The van der Waals surface area contributed by atoms with Crippen LogP contribution in [0.3, 0.4) is 0 Å². The zero-order chi connectivity index (χ0) is 5.11. The number of rotatable bonds is 0. The highest BCUT2D eigenvalue weighted by atomic mass is 127. The van der Waals surface area contributed by atoms with E-state index in [9.17, 15) is 0 Å². The van der Waals surface area contributed by atoms with Gasteiger partial charge in [0.1, 0.15) is 0 Å². The largest absolute Gasteiger partial charge is 0.121 e. The van der Waals surface area contributed by atoms with E-state index in [1.807, 2.05) is 0 Å². The second kappa shape index (κ2) is 3.58. The summed E-state index contributed by atoms with van der Waals surface area (Å²) in [5, 5.41) is 0. The molecule has 1 aliphatic rings. The smallest absolute Gasteiger partial charge is 0.0198 e. The van der Waals surface area contributed by atoms with Crippen LogP contribution >= 0.6 is 36.2 Å². The Balaban J connectivity index is 2.12. The maximum atomic E-state index is 2.63. The van der Waals surface area contributed by atoms with Crippen molar-refractivity contribution in [3.05, 3.63) is 0 Å². The molecule has 0 N–H and O–H groups in total. The van der Waals surface area contributed by atoms with Gasteiger partial charge in [-0.05, 0) is 30.2 Å². The first kappa shape index (κ1) is 6.71. The standard InChI is InChI=1S/C4H9IP2/c5-7-3-1-6-2-4-7/h6H,1-4H2. The Bertz CT molecular complexity index is 51.7. The molecule has 0 aromatic carbocycles. The average molecular weight is 246 g/mol. The molecule has 1 heterocycles. The Morgan fingerprint density at radius 3 is 2.14 bits per heavy atom. The molecule has 7 heavy (non-hydrogen) atoms. The molecule has 1 fully saturated rings. The van der Waals surface area contributed by atoms with Gasteiger partial charge in [0.25, 0.3) is 0 Å². The van der Waals surface area contributed by atoms with Crippen LogP contribution in [-0.2, 0) is 0 Å². The molecule has 0 saturated carbocycles. The van der Waals surface area contributed by atoms with E-state index in [-0.39, 0.29) is 0 Å². The SMILES string of the molecule is IP1CCPCC1. The zero-order valence-electron chi connectivity index (χ0n) is 4.15. The lowest BCUT2D eigenvalue weighted by molar-refractivity contribution is 1.39. The molecule has 42 valence electrons. The van der Waals surface area contributed by atoms with E-state index in [2.05, 4.69) is 22.0 Å². The maximum absolute atomic E-state index is 2.63. The van der Waals surface area contributed by atoms with Gasteiger partial charge in [0, 0.05) is 0 Å². The van der Waals surface area contributed by atoms with Crippen molar-refractivity contribution in [2.75, 3.05) is 24.6 Å². The van der Waals surface area contributed by atoms with Gasteiger partial charge in [-0.2, -0.15) is 0 Å². The fraction of sp³-hybridized carbons (Fsp3) is 1.00. The van der Waals surface area contributed by atoms with Crippen LogP contribution in [0, 0.1) is 0 Å². The lowest BCUT2D eigenvalue weighted by Crippen LogP contribution is -1.96. The minimum absolute atomic E-state index is 0.485. The normalized spacial score (nSPS) is 36.4. The Hall–Kier alpha value is 1.59. The van der Waals surface area contributed by atoms with Crippen LogP contribution in [-0.4, -0.2) is 24.6 Å². The summed E-state index contributed by atoms with van der Waals surface area (Å²) < 4.78 is 0. The van der Waals surface area contributed by atoms with Crippen LogP contribution in [0.5, 0.6) is 0 Å². The number of halogens is 1. The minimum atomic E-state index is 0.485.